The molecule has 1 aromatic heterocycles. The van der Waals surface area contributed by atoms with E-state index in [4.69, 9.17) is 22.1 Å². The van der Waals surface area contributed by atoms with Crippen LogP contribution in [-0.4, -0.2) is 10.4 Å². The molecule has 0 saturated heterocycles. The van der Waals surface area contributed by atoms with Gasteiger partial charge in [-0.25, -0.2) is 0 Å². The van der Waals surface area contributed by atoms with Gasteiger partial charge in [0.15, 0.2) is 0 Å². The van der Waals surface area contributed by atoms with Crippen LogP contribution in [0.4, 0.5) is 0 Å². The number of nitrogens with zero attached hydrogens (tertiary/aromatic N) is 2. The van der Waals surface area contributed by atoms with Crippen LogP contribution in [-0.2, 0) is 0 Å². The lowest BCUT2D eigenvalue weighted by atomic mass is 10.2. The van der Waals surface area contributed by atoms with Crippen molar-refractivity contribution in [2.75, 3.05) is 0 Å². The van der Waals surface area contributed by atoms with Gasteiger partial charge in [0.05, 0.1) is 10.5 Å². The van der Waals surface area contributed by atoms with Crippen LogP contribution < -0.4 is 0 Å². The van der Waals surface area contributed by atoms with Gasteiger partial charge in [0.25, 0.3) is 0 Å². The lowest BCUT2D eigenvalue weighted by molar-refractivity contribution is 1.01. The van der Waals surface area contributed by atoms with E-state index in [2.05, 4.69) is 11.1 Å². The molecule has 0 radical (unpaired) electrons. The number of aromatic amines is 1. The Balaban J connectivity index is 2.37. The summed E-state index contributed by atoms with van der Waals surface area (Å²) in [5.74, 6) is 0.287. The fourth-order valence-corrected chi connectivity index (χ4v) is 2.35. The minimum absolute atomic E-state index is 0.151. The first kappa shape index (κ1) is 9.45. The van der Waals surface area contributed by atoms with Crippen LogP contribution in [0.5, 0.6) is 0 Å². The molecule has 1 N–H and O–H groups in total. The summed E-state index contributed by atoms with van der Waals surface area (Å²) in [6.45, 7) is 0. The average molecular weight is 224 g/mol. The van der Waals surface area contributed by atoms with Crippen molar-refractivity contribution in [3.05, 3.63) is 17.5 Å². The fraction of sp³-hybridized carbons (Fsp3) is 0.333. The second-order valence-electron chi connectivity index (χ2n) is 3.11. The Labute approximate surface area is 90.7 Å². The van der Waals surface area contributed by atoms with Crippen LogP contribution in [0.25, 0.3) is 0 Å². The number of alkyl halides is 1. The second-order valence-corrected chi connectivity index (χ2v) is 4.46. The molecule has 1 fully saturated rings. The monoisotopic (exact) mass is 223 g/mol. The Morgan fingerprint density at radius 1 is 1.57 bits per heavy atom. The van der Waals surface area contributed by atoms with Crippen molar-refractivity contribution in [2.24, 2.45) is 0 Å². The van der Waals surface area contributed by atoms with Gasteiger partial charge in [0, 0.05) is 23.2 Å². The highest BCUT2D eigenvalue weighted by Crippen LogP contribution is 2.48. The summed E-state index contributed by atoms with van der Waals surface area (Å²) >= 11 is 6.94. The molecule has 1 saturated carbocycles. The Morgan fingerprint density at radius 2 is 2.29 bits per heavy atom. The van der Waals surface area contributed by atoms with Crippen molar-refractivity contribution in [1.29, 1.82) is 10.5 Å². The molecule has 3 nitrogen and oxygen atoms in total. The van der Waals surface area contributed by atoms with Crippen LogP contribution in [0, 0.1) is 22.0 Å². The third-order valence-corrected chi connectivity index (χ3v) is 3.43. The van der Waals surface area contributed by atoms with Gasteiger partial charge in [0.1, 0.15) is 11.5 Å². The van der Waals surface area contributed by atoms with Gasteiger partial charge in [-0.05, 0) is 18.2 Å². The smallest absolute Gasteiger partial charge is 0.138 e. The number of thioether (sulfide) groups is 1. The third-order valence-electron chi connectivity index (χ3n) is 2.21. The molecule has 70 valence electrons. The van der Waals surface area contributed by atoms with E-state index < -0.39 is 0 Å². The number of nitrogens with one attached hydrogen (secondary N) is 1. The van der Waals surface area contributed by atoms with Crippen LogP contribution in [0.1, 0.15) is 23.6 Å². The van der Waals surface area contributed by atoms with E-state index in [0.29, 0.717) is 5.56 Å². The number of nitriles is 2. The number of aromatic nitrogens is 1. The summed E-state index contributed by atoms with van der Waals surface area (Å²) < 4.78 is 0. The molecule has 1 aromatic rings. The Bertz CT molecular complexity index is 440. The van der Waals surface area contributed by atoms with Crippen LogP contribution >= 0.6 is 23.4 Å². The molecule has 0 aromatic carbocycles. The minimum Gasteiger partial charge on any atom is -0.363 e. The van der Waals surface area contributed by atoms with Crippen LogP contribution in [0.2, 0.25) is 0 Å². The molecule has 2 rings (SSSR count). The lowest BCUT2D eigenvalue weighted by Crippen LogP contribution is -1.84. The Kier molecular flexibility index (Phi) is 2.41. The Morgan fingerprint density at radius 3 is 2.79 bits per heavy atom. The molecule has 14 heavy (non-hydrogen) atoms. The van der Waals surface area contributed by atoms with Gasteiger partial charge in [-0.3, -0.25) is 0 Å². The summed E-state index contributed by atoms with van der Waals surface area (Å²) in [6.07, 6.45) is 2.56. The number of H-pyrrole nitrogens is 1. The number of hydrogen-bond acceptors (Lipinski definition) is 3. The molecule has 5 heteroatoms. The molecular formula is C9H6ClN3S. The van der Waals surface area contributed by atoms with Crippen LogP contribution in [0.15, 0.2) is 11.1 Å². The molecule has 2 unspecified atom stereocenters. The summed E-state index contributed by atoms with van der Waals surface area (Å²) in [5, 5.41) is 19.5. The minimum atomic E-state index is 0.151. The second kappa shape index (κ2) is 3.57. The maximum absolute atomic E-state index is 8.80. The maximum Gasteiger partial charge on any atom is 0.138 e. The van der Waals surface area contributed by atoms with Crippen molar-refractivity contribution in [3.63, 3.8) is 0 Å². The van der Waals surface area contributed by atoms with Gasteiger partial charge in [-0.1, -0.05) is 0 Å². The topological polar surface area (TPSA) is 63.4 Å². The largest absolute Gasteiger partial charge is 0.363 e. The van der Waals surface area contributed by atoms with E-state index >= 15 is 0 Å². The molecular weight excluding hydrogens is 218 g/mol. The van der Waals surface area contributed by atoms with E-state index in [1.54, 1.807) is 6.20 Å². The quantitative estimate of drug-likeness (QED) is 0.476. The van der Waals surface area contributed by atoms with Crippen molar-refractivity contribution in [3.8, 4) is 11.5 Å². The lowest BCUT2D eigenvalue weighted by Gasteiger charge is -1.96. The van der Waals surface area contributed by atoms with Crippen molar-refractivity contribution in [1.82, 2.24) is 4.98 Å². The zero-order valence-corrected chi connectivity index (χ0v) is 8.69. The van der Waals surface area contributed by atoms with Gasteiger partial charge in [0.2, 0.25) is 0 Å². The number of thiocyanates is 1. The predicted octanol–water partition coefficient (Wildman–Crippen LogP) is 2.55. The van der Waals surface area contributed by atoms with Gasteiger partial charge in [-0.2, -0.15) is 10.5 Å². The molecule has 1 aliphatic rings. The van der Waals surface area contributed by atoms with Crippen molar-refractivity contribution < 1.29 is 0 Å². The summed E-state index contributed by atoms with van der Waals surface area (Å²) in [6, 6.07) is 2.05. The van der Waals surface area contributed by atoms with Crippen LogP contribution in [0.3, 0.4) is 0 Å². The average Bonchev–Trinajstić information content (AvgIpc) is 2.77. The highest BCUT2D eigenvalue weighted by atomic mass is 35.5. The molecule has 0 bridgehead atoms. The maximum atomic E-state index is 8.80. The van der Waals surface area contributed by atoms with E-state index in [1.165, 1.54) is 0 Å². The summed E-state index contributed by atoms with van der Waals surface area (Å²) in [7, 11) is 0. The Hall–Kier alpha value is -1.10. The molecule has 0 spiro atoms. The first-order valence-electron chi connectivity index (χ1n) is 4.09. The number of hydrogen-bond donors (Lipinski definition) is 1. The predicted molar refractivity (Wildman–Crippen MR) is 54.0 cm³/mol. The molecule has 1 heterocycles. The fourth-order valence-electron chi connectivity index (χ4n) is 1.40. The van der Waals surface area contributed by atoms with E-state index in [1.807, 2.05) is 5.40 Å². The first-order valence-corrected chi connectivity index (χ1v) is 5.34. The van der Waals surface area contributed by atoms with E-state index in [0.717, 1.165) is 28.8 Å². The molecule has 0 aliphatic heterocycles. The highest BCUT2D eigenvalue weighted by molar-refractivity contribution is 8.03. The van der Waals surface area contributed by atoms with Crippen molar-refractivity contribution >= 4 is 23.4 Å². The summed E-state index contributed by atoms with van der Waals surface area (Å²) in [5.41, 5.74) is 1.47. The standard InChI is InChI=1S/C9H6ClN3S/c10-7-1-6(7)8-9(14-4-12)5(2-11)3-13-8/h3,6-7,13H,1H2. The highest BCUT2D eigenvalue weighted by Gasteiger charge is 2.39. The first-order chi connectivity index (χ1) is 6.77. The van der Waals surface area contributed by atoms with E-state index in [-0.39, 0.29) is 11.3 Å². The zero-order chi connectivity index (χ0) is 10.1. The number of halogens is 1. The zero-order valence-electron chi connectivity index (χ0n) is 7.12. The third kappa shape index (κ3) is 1.48. The molecule has 2 atom stereocenters. The van der Waals surface area contributed by atoms with Gasteiger partial charge in [-0.15, -0.1) is 11.6 Å². The normalized spacial score (nSPS) is 23.9. The van der Waals surface area contributed by atoms with Gasteiger partial charge < -0.3 is 4.98 Å². The number of rotatable bonds is 2. The molecule has 0 amide bonds. The van der Waals surface area contributed by atoms with Crippen molar-refractivity contribution in [2.45, 2.75) is 22.6 Å². The summed E-state index contributed by atoms with van der Waals surface area (Å²) in [4.78, 5) is 3.76. The van der Waals surface area contributed by atoms with Gasteiger partial charge >= 0.3 is 0 Å². The molecule has 1 aliphatic carbocycles. The van der Waals surface area contributed by atoms with E-state index in [9.17, 15) is 0 Å². The SMILES string of the molecule is N#CSc1c(C#N)c[nH]c1C1CC1Cl.